The van der Waals surface area contributed by atoms with E-state index in [9.17, 15) is 0 Å². The third kappa shape index (κ3) is 283. The van der Waals surface area contributed by atoms with Gasteiger partial charge < -0.3 is 19.2 Å². The van der Waals surface area contributed by atoms with E-state index in [0.29, 0.717) is 0 Å². The molecule has 0 saturated carbocycles. The van der Waals surface area contributed by atoms with Crippen LogP contribution in [-0.2, 0) is 15.0 Å². The molecule has 0 aliphatic rings. The molecule has 0 heterocycles. The van der Waals surface area contributed by atoms with Gasteiger partial charge >= 0.3 is 84.8 Å². The number of rotatable bonds is 0. The van der Waals surface area contributed by atoms with Crippen molar-refractivity contribution in [2.45, 2.75) is 0 Å². The third-order valence-electron chi connectivity index (χ3n) is 0. The van der Waals surface area contributed by atoms with Crippen LogP contribution < -0.4 is 66.1 Å². The van der Waals surface area contributed by atoms with E-state index in [-0.39, 0.29) is 74.4 Å². The molecule has 0 radical (unpaired) electrons. The summed E-state index contributed by atoms with van der Waals surface area (Å²) < 4.78 is 40.1. The third-order valence-corrected chi connectivity index (χ3v) is 0. The molecule has 0 atom stereocenters. The van der Waals surface area contributed by atoms with Gasteiger partial charge in [-0.05, 0) is 0 Å². The van der Waals surface area contributed by atoms with Gasteiger partial charge in [-0.25, -0.2) is 0 Å². The number of phosphoric acid groups is 1. The van der Waals surface area contributed by atoms with E-state index in [0.717, 1.165) is 0 Å². The van der Waals surface area contributed by atoms with Gasteiger partial charge in [0.2, 0.25) is 0 Å². The van der Waals surface area contributed by atoms with E-state index < -0.39 is 18.2 Å². The average Bonchev–Trinajstić information content (AvgIpc) is 1.12. The zero-order valence-electron chi connectivity index (χ0n) is 5.91. The minimum absolute atomic E-state index is 0. The molecule has 0 fully saturated rings. The predicted molar refractivity (Wildman–Crippen MR) is 27.5 cm³/mol. The second kappa shape index (κ2) is 9.92. The summed E-state index contributed by atoms with van der Waals surface area (Å²) in [6.07, 6.45) is 0. The van der Waals surface area contributed by atoms with Gasteiger partial charge in [0.05, 0.1) is 0 Å². The molecule has 0 aliphatic carbocycles. The van der Waals surface area contributed by atoms with E-state index in [4.69, 9.17) is 36.8 Å². The molecule has 0 aliphatic heterocycles. The summed E-state index contributed by atoms with van der Waals surface area (Å²) in [5.74, 6) is 0. The molecule has 0 aromatic rings. The van der Waals surface area contributed by atoms with Crippen LogP contribution in [0.5, 0.6) is 0 Å². The van der Waals surface area contributed by atoms with Crippen molar-refractivity contribution in [2.24, 2.45) is 0 Å². The predicted octanol–water partition coefficient (Wildman–Crippen LogP) is -6.85. The Hall–Kier alpha value is 2.38. The first-order valence-electron chi connectivity index (χ1n) is 1.43. The molecule has 0 aromatic heterocycles. The van der Waals surface area contributed by atoms with E-state index >= 15 is 0 Å². The maximum absolute atomic E-state index is 8.74. The van der Waals surface area contributed by atoms with Crippen LogP contribution in [0.2, 0.25) is 0 Å². The fraction of sp³-hybridized carbons (Fsp3) is 0. The second-order valence-electron chi connectivity index (χ2n) is 0.895. The molecule has 0 aromatic carbocycles. The number of hydrogen-bond donors (Lipinski definition) is 2. The van der Waals surface area contributed by atoms with Crippen LogP contribution in [0.3, 0.4) is 0 Å². The van der Waals surface area contributed by atoms with Crippen molar-refractivity contribution in [3.8, 4) is 0 Å². The van der Waals surface area contributed by atoms with Gasteiger partial charge in [-0.1, -0.05) is 0 Å². The summed E-state index contributed by atoms with van der Waals surface area (Å²) in [5, 5.41) is 0. The topological polar surface area (TPSA) is 161 Å². The van der Waals surface area contributed by atoms with Crippen LogP contribution in [0.15, 0.2) is 0 Å². The molecule has 2 N–H and O–H groups in total. The van der Waals surface area contributed by atoms with Crippen molar-refractivity contribution in [2.75, 3.05) is 0 Å². The van der Waals surface area contributed by atoms with Gasteiger partial charge in [0.15, 0.2) is 0 Å². The van der Waals surface area contributed by atoms with E-state index in [1.807, 2.05) is 0 Å². The van der Waals surface area contributed by atoms with E-state index in [2.05, 4.69) is 0 Å². The Balaban J connectivity index is -0.0000000457. The molecule has 0 unspecified atom stereocenters. The Morgan fingerprint density at radius 2 is 1.08 bits per heavy atom. The molecule has 0 rings (SSSR count). The average molecular weight is 256 g/mol. The Bertz CT molecular complexity index is 197. The quantitative estimate of drug-likeness (QED) is 0.245. The molecular weight excluding hydrogens is 254 g/mol. The SMILES string of the molecule is O=P([O-])([O-])[O-].O=S(=O)(O)O.[K+].[Mg+2]. The van der Waals surface area contributed by atoms with Crippen LogP contribution in [0.25, 0.3) is 0 Å². The summed E-state index contributed by atoms with van der Waals surface area (Å²) in [4.78, 5) is 25.6. The summed E-state index contributed by atoms with van der Waals surface area (Å²) in [7, 11) is -10.1. The molecule has 0 bridgehead atoms. The molecular formula is H2KMgO8PS. The Morgan fingerprint density at radius 1 is 1.08 bits per heavy atom. The van der Waals surface area contributed by atoms with Crippen molar-refractivity contribution < 1.29 is 88.2 Å². The van der Waals surface area contributed by atoms with Gasteiger partial charge in [-0.15, -0.1) is 0 Å². The maximum Gasteiger partial charge on any atom is 2.00 e. The van der Waals surface area contributed by atoms with Gasteiger partial charge in [-0.2, -0.15) is 16.2 Å². The van der Waals surface area contributed by atoms with Crippen LogP contribution in [0.1, 0.15) is 0 Å². The Morgan fingerprint density at radius 3 is 1.08 bits per heavy atom. The molecule has 64 valence electrons. The minimum Gasteiger partial charge on any atom is -0.822 e. The first-order chi connectivity index (χ1) is 4.00. The van der Waals surface area contributed by atoms with Gasteiger partial charge in [-0.3, -0.25) is 9.11 Å². The van der Waals surface area contributed by atoms with Crippen LogP contribution in [0, 0.1) is 0 Å². The minimum atomic E-state index is -5.39. The van der Waals surface area contributed by atoms with Crippen LogP contribution in [-0.4, -0.2) is 40.6 Å². The van der Waals surface area contributed by atoms with Crippen LogP contribution >= 0.6 is 7.82 Å². The second-order valence-corrected chi connectivity index (χ2v) is 2.69. The largest absolute Gasteiger partial charge is 2.00 e. The van der Waals surface area contributed by atoms with E-state index in [1.54, 1.807) is 0 Å². The van der Waals surface area contributed by atoms with Gasteiger partial charge in [0.25, 0.3) is 0 Å². The summed E-state index contributed by atoms with van der Waals surface area (Å²) in [6.45, 7) is 0. The molecule has 8 nitrogen and oxygen atoms in total. The molecule has 0 amide bonds. The van der Waals surface area contributed by atoms with Crippen molar-refractivity contribution in [3.05, 3.63) is 0 Å². The molecule has 12 heavy (non-hydrogen) atoms. The fourth-order valence-electron chi connectivity index (χ4n) is 0. The van der Waals surface area contributed by atoms with Gasteiger partial charge in [0, 0.05) is 0 Å². The summed E-state index contributed by atoms with van der Waals surface area (Å²) in [5.41, 5.74) is 0. The zero-order chi connectivity index (χ0) is 9.00. The van der Waals surface area contributed by atoms with Crippen molar-refractivity contribution in [3.63, 3.8) is 0 Å². The molecule has 0 saturated heterocycles. The molecule has 0 spiro atoms. The van der Waals surface area contributed by atoms with Crippen molar-refractivity contribution in [1.29, 1.82) is 0 Å². The van der Waals surface area contributed by atoms with E-state index in [1.165, 1.54) is 0 Å². The standard InChI is InChI=1S/K.Mg.H3O4P.H2O4S/c;;2*1-5(2,3)4/h;;(H3,1,2,3,4);(H2,1,2,3,4)/q+1;+2;;/p-3. The fourth-order valence-corrected chi connectivity index (χ4v) is 0. The summed E-state index contributed by atoms with van der Waals surface area (Å²) in [6, 6.07) is 0. The number of hydrogen-bond acceptors (Lipinski definition) is 6. The maximum atomic E-state index is 8.74. The van der Waals surface area contributed by atoms with Crippen molar-refractivity contribution >= 4 is 41.3 Å². The summed E-state index contributed by atoms with van der Waals surface area (Å²) >= 11 is 0. The Kier molecular flexibility index (Phi) is 19.8. The first kappa shape index (κ1) is 23.9. The Labute approximate surface area is 127 Å². The smallest absolute Gasteiger partial charge is 0.822 e. The molecule has 12 heteroatoms. The van der Waals surface area contributed by atoms with Crippen LogP contribution in [0.4, 0.5) is 0 Å². The normalized spacial score (nSPS) is 9.75. The first-order valence-corrected chi connectivity index (χ1v) is 4.29. The van der Waals surface area contributed by atoms with Crippen molar-refractivity contribution in [1.82, 2.24) is 0 Å². The van der Waals surface area contributed by atoms with Gasteiger partial charge in [0.1, 0.15) is 0 Å². The monoisotopic (exact) mass is 256 g/mol. The zero-order valence-corrected chi connectivity index (χ0v) is 12.2.